The maximum atomic E-state index is 13.9. The van der Waals surface area contributed by atoms with Crippen molar-refractivity contribution in [2.24, 2.45) is 46.3 Å². The lowest BCUT2D eigenvalue weighted by Crippen LogP contribution is -2.61. The smallest absolute Gasteiger partial charge is 0.230 e. The monoisotopic (exact) mass is 410 g/mol. The van der Waals surface area contributed by atoms with Crippen molar-refractivity contribution in [1.29, 1.82) is 0 Å². The summed E-state index contributed by atoms with van der Waals surface area (Å²) in [7, 11) is 0. The van der Waals surface area contributed by atoms with E-state index in [-0.39, 0.29) is 10.8 Å². The van der Waals surface area contributed by atoms with Gasteiger partial charge in [0.05, 0.1) is 17.5 Å². The normalized spacial score (nSPS) is 50.9. The molecule has 4 heteroatoms. The van der Waals surface area contributed by atoms with Crippen LogP contribution in [-0.4, -0.2) is 41.4 Å². The van der Waals surface area contributed by atoms with Crippen LogP contribution >= 0.6 is 0 Å². The molecular weight excluding hydrogens is 372 g/mol. The fraction of sp³-hybridized carbons (Fsp3) is 0.923. The first kappa shape index (κ1) is 18.5. The Labute approximate surface area is 181 Å². The van der Waals surface area contributed by atoms with Gasteiger partial charge in [0.2, 0.25) is 11.8 Å². The fourth-order valence-corrected chi connectivity index (χ4v) is 10.5. The predicted octanol–water partition coefficient (Wildman–Crippen LogP) is 4.44. The van der Waals surface area contributed by atoms with Gasteiger partial charge >= 0.3 is 0 Å². The Hall–Kier alpha value is -1.06. The number of hydrogen-bond acceptors (Lipinski definition) is 2. The Morgan fingerprint density at radius 1 is 0.533 bits per heavy atom. The molecular formula is C26H38N2O2. The number of nitrogens with zero attached hydrogens (tertiary/aromatic N) is 2. The summed E-state index contributed by atoms with van der Waals surface area (Å²) < 4.78 is 0. The van der Waals surface area contributed by atoms with Crippen molar-refractivity contribution in [3.05, 3.63) is 0 Å². The highest BCUT2D eigenvalue weighted by Gasteiger charge is 2.58. The van der Waals surface area contributed by atoms with E-state index in [0.29, 0.717) is 18.5 Å². The van der Waals surface area contributed by atoms with Gasteiger partial charge in [0.1, 0.15) is 0 Å². The molecule has 0 aromatic rings. The van der Waals surface area contributed by atoms with Gasteiger partial charge in [-0.25, -0.2) is 0 Å². The maximum absolute atomic E-state index is 13.9. The molecule has 1 heterocycles. The van der Waals surface area contributed by atoms with Crippen LogP contribution in [0.15, 0.2) is 0 Å². The summed E-state index contributed by atoms with van der Waals surface area (Å²) >= 11 is 0. The van der Waals surface area contributed by atoms with Crippen molar-refractivity contribution in [2.75, 3.05) is 19.8 Å². The van der Waals surface area contributed by atoms with Crippen molar-refractivity contribution in [2.45, 2.75) is 83.5 Å². The van der Waals surface area contributed by atoms with Crippen molar-refractivity contribution in [1.82, 2.24) is 9.80 Å². The summed E-state index contributed by atoms with van der Waals surface area (Å²) in [6, 6.07) is 0. The van der Waals surface area contributed by atoms with E-state index in [0.717, 1.165) is 93.5 Å². The van der Waals surface area contributed by atoms with Gasteiger partial charge in [-0.05, 0) is 119 Å². The molecule has 8 bridgehead atoms. The van der Waals surface area contributed by atoms with Gasteiger partial charge in [0.15, 0.2) is 0 Å². The first-order chi connectivity index (χ1) is 14.5. The number of hydrogen-bond donors (Lipinski definition) is 0. The predicted molar refractivity (Wildman–Crippen MR) is 114 cm³/mol. The lowest BCUT2D eigenvalue weighted by Gasteiger charge is -2.58. The fourth-order valence-electron chi connectivity index (χ4n) is 10.5. The Morgan fingerprint density at radius 2 is 0.833 bits per heavy atom. The van der Waals surface area contributed by atoms with E-state index in [4.69, 9.17) is 0 Å². The van der Waals surface area contributed by atoms with E-state index in [9.17, 15) is 9.59 Å². The zero-order valence-electron chi connectivity index (χ0n) is 18.5. The van der Waals surface area contributed by atoms with E-state index in [1.54, 1.807) is 0 Å². The van der Waals surface area contributed by atoms with E-state index < -0.39 is 0 Å². The molecule has 9 aliphatic rings. The molecule has 0 atom stereocenters. The summed E-state index contributed by atoms with van der Waals surface area (Å²) in [6.07, 6.45) is 16.1. The molecule has 1 saturated heterocycles. The molecule has 0 aromatic heterocycles. The molecule has 2 amide bonds. The third-order valence-corrected chi connectivity index (χ3v) is 10.8. The molecule has 9 fully saturated rings. The quantitative estimate of drug-likeness (QED) is 0.675. The average Bonchev–Trinajstić information content (AvgIpc) is 2.71. The summed E-state index contributed by atoms with van der Waals surface area (Å²) in [5.41, 5.74) is -0.136. The minimum Gasteiger partial charge on any atom is -0.324 e. The molecule has 0 unspecified atom stereocenters. The topological polar surface area (TPSA) is 40.6 Å². The van der Waals surface area contributed by atoms with E-state index >= 15 is 0 Å². The highest BCUT2D eigenvalue weighted by Crippen LogP contribution is 2.62. The summed E-state index contributed by atoms with van der Waals surface area (Å²) in [5, 5.41) is 0. The van der Waals surface area contributed by atoms with Gasteiger partial charge in [-0.15, -0.1) is 0 Å². The number of rotatable bonds is 2. The second kappa shape index (κ2) is 6.25. The number of carbonyl (C=O) groups is 2. The number of carbonyl (C=O) groups excluding carboxylic acids is 2. The first-order valence-corrected chi connectivity index (χ1v) is 13.1. The summed E-state index contributed by atoms with van der Waals surface area (Å²) in [6.45, 7) is 2.32. The third kappa shape index (κ3) is 2.64. The van der Waals surface area contributed by atoms with Crippen molar-refractivity contribution in [3.8, 4) is 0 Å². The third-order valence-electron chi connectivity index (χ3n) is 10.8. The molecule has 0 aromatic carbocycles. The molecule has 1 aliphatic heterocycles. The molecule has 8 saturated carbocycles. The van der Waals surface area contributed by atoms with Crippen LogP contribution < -0.4 is 0 Å². The van der Waals surface area contributed by atoms with Crippen LogP contribution in [0.4, 0.5) is 0 Å². The van der Waals surface area contributed by atoms with Gasteiger partial charge in [0.25, 0.3) is 0 Å². The van der Waals surface area contributed by atoms with Crippen LogP contribution in [0.3, 0.4) is 0 Å². The Balaban J connectivity index is 1.09. The van der Waals surface area contributed by atoms with Crippen molar-refractivity contribution < 1.29 is 9.59 Å². The van der Waals surface area contributed by atoms with Gasteiger partial charge in [-0.1, -0.05) is 0 Å². The molecule has 0 N–H and O–H groups in total. The molecule has 0 radical (unpaired) electrons. The first-order valence-electron chi connectivity index (χ1n) is 13.1. The molecule has 4 nitrogen and oxygen atoms in total. The molecule has 30 heavy (non-hydrogen) atoms. The second-order valence-electron chi connectivity index (χ2n) is 13.0. The van der Waals surface area contributed by atoms with E-state index in [1.165, 1.54) is 38.5 Å². The minimum atomic E-state index is -0.0680. The van der Waals surface area contributed by atoms with Crippen LogP contribution in [0.5, 0.6) is 0 Å². The Bertz CT molecular complexity index is 640. The molecule has 8 aliphatic carbocycles. The molecule has 9 rings (SSSR count). The Kier molecular flexibility index (Phi) is 3.86. The summed E-state index contributed by atoms with van der Waals surface area (Å²) in [5.74, 6) is 5.65. The standard InChI is InChI=1S/C26H38N2O2/c29-23(25-10-17-4-18(11-25)6-19(5-17)12-25)27-2-1-3-28(16-27)24(30)26-13-20-7-21(14-26)9-22(8-20)15-26/h17-22H,1-16H2. The summed E-state index contributed by atoms with van der Waals surface area (Å²) in [4.78, 5) is 32.0. The maximum Gasteiger partial charge on any atom is 0.230 e. The van der Waals surface area contributed by atoms with E-state index in [1.807, 2.05) is 0 Å². The van der Waals surface area contributed by atoms with Crippen LogP contribution in [-0.2, 0) is 9.59 Å². The lowest BCUT2D eigenvalue weighted by molar-refractivity contribution is -0.170. The largest absolute Gasteiger partial charge is 0.324 e. The van der Waals surface area contributed by atoms with Crippen molar-refractivity contribution in [3.63, 3.8) is 0 Å². The minimum absolute atomic E-state index is 0.0680. The zero-order valence-corrected chi connectivity index (χ0v) is 18.5. The van der Waals surface area contributed by atoms with Gasteiger partial charge < -0.3 is 9.80 Å². The van der Waals surface area contributed by atoms with Gasteiger partial charge in [-0.3, -0.25) is 9.59 Å². The second-order valence-corrected chi connectivity index (χ2v) is 13.0. The van der Waals surface area contributed by atoms with Crippen LogP contribution in [0.25, 0.3) is 0 Å². The van der Waals surface area contributed by atoms with Gasteiger partial charge in [-0.2, -0.15) is 0 Å². The van der Waals surface area contributed by atoms with Crippen LogP contribution in [0, 0.1) is 46.3 Å². The zero-order chi connectivity index (χ0) is 20.1. The molecule has 164 valence electrons. The molecule has 0 spiro atoms. The Morgan fingerprint density at radius 3 is 1.13 bits per heavy atom. The highest BCUT2D eigenvalue weighted by atomic mass is 16.2. The van der Waals surface area contributed by atoms with Crippen molar-refractivity contribution >= 4 is 11.8 Å². The highest BCUT2D eigenvalue weighted by molar-refractivity contribution is 5.86. The SMILES string of the molecule is O=C(N1CCCN(C(=O)C23CC4CC(CC(C4)C2)C3)C1)C12CC3CC(CC(C3)C1)C2. The van der Waals surface area contributed by atoms with Crippen LogP contribution in [0.2, 0.25) is 0 Å². The lowest BCUT2D eigenvalue weighted by atomic mass is 9.49. The number of amides is 2. The van der Waals surface area contributed by atoms with E-state index in [2.05, 4.69) is 9.80 Å². The van der Waals surface area contributed by atoms with Crippen LogP contribution in [0.1, 0.15) is 83.5 Å². The van der Waals surface area contributed by atoms with Gasteiger partial charge in [0, 0.05) is 13.1 Å². The average molecular weight is 411 g/mol.